The molecule has 0 saturated heterocycles. The van der Waals surface area contributed by atoms with Crippen LogP contribution >= 0.6 is 50.5 Å². The Balaban J connectivity index is 2.26. The fourth-order valence-corrected chi connectivity index (χ4v) is 2.85. The zero-order valence-corrected chi connectivity index (χ0v) is 13.1. The molecule has 100 valence electrons. The monoisotopic (exact) mass is 380 g/mol. The maximum Gasteiger partial charge on any atom is 0.333 e. The molecule has 1 heterocycles. The predicted molar refractivity (Wildman–Crippen MR) is 80.3 cm³/mol. The minimum absolute atomic E-state index is 0.392. The molecular weight excluding hydrogens is 375 g/mol. The summed E-state index contributed by atoms with van der Waals surface area (Å²) in [6, 6.07) is 4.11. The quantitative estimate of drug-likeness (QED) is 0.821. The average Bonchev–Trinajstić information content (AvgIpc) is 2.76. The molecule has 8 heteroatoms. The van der Waals surface area contributed by atoms with E-state index < -0.39 is 12.0 Å². The van der Waals surface area contributed by atoms with Crippen molar-refractivity contribution in [2.45, 2.75) is 6.04 Å². The van der Waals surface area contributed by atoms with Gasteiger partial charge in [0.05, 0.1) is 11.2 Å². The lowest BCUT2D eigenvalue weighted by molar-refractivity contribution is -0.138. The van der Waals surface area contributed by atoms with Gasteiger partial charge in [-0.15, -0.1) is 11.3 Å². The first kappa shape index (κ1) is 14.6. The molecule has 0 saturated carbocycles. The van der Waals surface area contributed by atoms with Crippen molar-refractivity contribution < 1.29 is 9.90 Å². The van der Waals surface area contributed by atoms with Crippen LogP contribution in [0.5, 0.6) is 0 Å². The maximum atomic E-state index is 11.3. The fraction of sp³-hybridized carbons (Fsp3) is 0.0909. The molecule has 1 unspecified atom stereocenters. The first-order valence-corrected chi connectivity index (χ1v) is 7.39. The normalized spacial score (nSPS) is 12.2. The number of nitrogens with one attached hydrogen (secondary N) is 1. The lowest BCUT2D eigenvalue weighted by atomic mass is 10.2. The van der Waals surface area contributed by atoms with Crippen LogP contribution in [0.3, 0.4) is 0 Å². The molecule has 0 aliphatic carbocycles. The summed E-state index contributed by atoms with van der Waals surface area (Å²) in [6.45, 7) is 0. The summed E-state index contributed by atoms with van der Waals surface area (Å²) >= 11 is 16.1. The van der Waals surface area contributed by atoms with E-state index >= 15 is 0 Å². The van der Waals surface area contributed by atoms with E-state index in [-0.39, 0.29) is 0 Å². The Bertz CT molecular complexity index is 620. The highest BCUT2D eigenvalue weighted by atomic mass is 79.9. The van der Waals surface area contributed by atoms with Crippen molar-refractivity contribution in [2.24, 2.45) is 0 Å². The van der Waals surface area contributed by atoms with Gasteiger partial charge in [-0.2, -0.15) is 0 Å². The largest absolute Gasteiger partial charge is 0.479 e. The fourth-order valence-electron chi connectivity index (χ4n) is 1.38. The molecule has 2 N–H and O–H groups in total. The number of aromatic nitrogens is 1. The number of hydrogen-bond donors (Lipinski definition) is 2. The molecule has 19 heavy (non-hydrogen) atoms. The van der Waals surface area contributed by atoms with Gasteiger partial charge in [0.15, 0.2) is 6.04 Å². The van der Waals surface area contributed by atoms with Gasteiger partial charge in [-0.3, -0.25) is 0 Å². The highest BCUT2D eigenvalue weighted by Gasteiger charge is 2.23. The SMILES string of the molecule is O=C(O)C(Nc1ccc(Cl)c(Br)c1)c1ncc(Cl)s1. The molecule has 0 radical (unpaired) electrons. The second kappa shape index (κ2) is 6.09. The lowest BCUT2D eigenvalue weighted by Gasteiger charge is -2.13. The molecule has 2 rings (SSSR count). The minimum atomic E-state index is -1.03. The third-order valence-electron chi connectivity index (χ3n) is 2.22. The Morgan fingerprint density at radius 1 is 1.47 bits per heavy atom. The predicted octanol–water partition coefficient (Wildman–Crippen LogP) is 4.45. The molecule has 0 spiro atoms. The molecule has 1 atom stereocenters. The van der Waals surface area contributed by atoms with Crippen molar-refractivity contribution in [3.63, 3.8) is 0 Å². The van der Waals surface area contributed by atoms with Gasteiger partial charge in [-0.25, -0.2) is 9.78 Å². The van der Waals surface area contributed by atoms with Crippen molar-refractivity contribution in [1.82, 2.24) is 4.98 Å². The van der Waals surface area contributed by atoms with Gasteiger partial charge in [-0.1, -0.05) is 23.2 Å². The summed E-state index contributed by atoms with van der Waals surface area (Å²) in [5.41, 5.74) is 0.620. The van der Waals surface area contributed by atoms with Crippen molar-refractivity contribution in [2.75, 3.05) is 5.32 Å². The van der Waals surface area contributed by atoms with Crippen molar-refractivity contribution >= 4 is 62.1 Å². The van der Waals surface area contributed by atoms with Crippen molar-refractivity contribution in [3.05, 3.63) is 43.2 Å². The van der Waals surface area contributed by atoms with E-state index in [1.54, 1.807) is 18.2 Å². The number of rotatable bonds is 4. The standard InChI is InChI=1S/C11H7BrCl2N2O2S/c12-6-3-5(1-2-7(6)13)16-9(11(17)18)10-15-4-8(14)19-10/h1-4,9,16H,(H,17,18). The highest BCUT2D eigenvalue weighted by molar-refractivity contribution is 9.10. The molecule has 0 fully saturated rings. The van der Waals surface area contributed by atoms with Gasteiger partial charge in [0.1, 0.15) is 9.34 Å². The number of benzene rings is 1. The van der Waals surface area contributed by atoms with Crippen molar-refractivity contribution in [1.29, 1.82) is 0 Å². The van der Waals surface area contributed by atoms with E-state index in [2.05, 4.69) is 26.2 Å². The van der Waals surface area contributed by atoms with E-state index in [4.69, 9.17) is 23.2 Å². The number of hydrogen-bond acceptors (Lipinski definition) is 4. The molecule has 0 aliphatic heterocycles. The summed E-state index contributed by atoms with van der Waals surface area (Å²) < 4.78 is 1.13. The molecule has 2 aromatic rings. The number of anilines is 1. The summed E-state index contributed by atoms with van der Waals surface area (Å²) in [6.07, 6.45) is 1.43. The molecule has 0 bridgehead atoms. The van der Waals surface area contributed by atoms with Crippen LogP contribution in [0.2, 0.25) is 9.36 Å². The van der Waals surface area contributed by atoms with E-state index in [1.165, 1.54) is 6.20 Å². The second-order valence-corrected chi connectivity index (χ2v) is 6.50. The summed E-state index contributed by atoms with van der Waals surface area (Å²) in [7, 11) is 0. The number of carbonyl (C=O) groups is 1. The van der Waals surface area contributed by atoms with Gasteiger partial charge in [0, 0.05) is 10.2 Å². The van der Waals surface area contributed by atoms with E-state index in [0.29, 0.717) is 24.5 Å². The Labute approximate surface area is 131 Å². The molecular formula is C11H7BrCl2N2O2S. The number of carboxylic acid groups (broad SMARTS) is 1. The second-order valence-electron chi connectivity index (χ2n) is 3.55. The van der Waals surface area contributed by atoms with Crippen LogP contribution in [0.4, 0.5) is 5.69 Å². The average molecular weight is 382 g/mol. The van der Waals surface area contributed by atoms with E-state index in [1.807, 2.05) is 0 Å². The maximum absolute atomic E-state index is 11.3. The summed E-state index contributed by atoms with van der Waals surface area (Å²) in [5, 5.41) is 13.1. The molecule has 4 nitrogen and oxygen atoms in total. The van der Waals surface area contributed by atoms with Gasteiger partial charge >= 0.3 is 5.97 Å². The highest BCUT2D eigenvalue weighted by Crippen LogP contribution is 2.30. The van der Waals surface area contributed by atoms with Gasteiger partial charge in [-0.05, 0) is 34.1 Å². The van der Waals surface area contributed by atoms with Crippen LogP contribution in [-0.2, 0) is 4.79 Å². The van der Waals surface area contributed by atoms with Crippen LogP contribution in [0.15, 0.2) is 28.9 Å². The van der Waals surface area contributed by atoms with Crippen LogP contribution < -0.4 is 5.32 Å². The third-order valence-corrected chi connectivity index (χ3v) is 4.61. The number of nitrogens with zero attached hydrogens (tertiary/aromatic N) is 1. The third kappa shape index (κ3) is 3.60. The number of thiazole rings is 1. The number of aliphatic carboxylic acids is 1. The summed E-state index contributed by atoms with van der Waals surface area (Å²) in [5.74, 6) is -1.03. The van der Waals surface area contributed by atoms with Gasteiger partial charge < -0.3 is 10.4 Å². The number of carboxylic acids is 1. The first-order chi connectivity index (χ1) is 8.97. The Kier molecular flexibility index (Phi) is 4.67. The zero-order valence-electron chi connectivity index (χ0n) is 9.23. The van der Waals surface area contributed by atoms with Crippen LogP contribution in [-0.4, -0.2) is 16.1 Å². The van der Waals surface area contributed by atoms with E-state index in [9.17, 15) is 9.90 Å². The molecule has 1 aromatic heterocycles. The Hall–Kier alpha value is -0.820. The smallest absolute Gasteiger partial charge is 0.333 e. The lowest BCUT2D eigenvalue weighted by Crippen LogP contribution is -2.20. The minimum Gasteiger partial charge on any atom is -0.479 e. The first-order valence-electron chi connectivity index (χ1n) is 5.03. The Morgan fingerprint density at radius 2 is 2.21 bits per heavy atom. The molecule has 0 aliphatic rings. The van der Waals surface area contributed by atoms with E-state index in [0.717, 1.165) is 11.3 Å². The number of halogens is 3. The van der Waals surface area contributed by atoms with Crippen LogP contribution in [0.25, 0.3) is 0 Å². The Morgan fingerprint density at radius 3 is 2.74 bits per heavy atom. The topological polar surface area (TPSA) is 62.2 Å². The van der Waals surface area contributed by atoms with Gasteiger partial charge in [0.2, 0.25) is 0 Å². The van der Waals surface area contributed by atoms with Crippen LogP contribution in [0.1, 0.15) is 11.0 Å². The summed E-state index contributed by atoms with van der Waals surface area (Å²) in [4.78, 5) is 15.3. The molecule has 0 amide bonds. The van der Waals surface area contributed by atoms with Gasteiger partial charge in [0.25, 0.3) is 0 Å². The molecule has 1 aromatic carbocycles. The zero-order chi connectivity index (χ0) is 14.0. The van der Waals surface area contributed by atoms with Crippen molar-refractivity contribution in [3.8, 4) is 0 Å². The van der Waals surface area contributed by atoms with Crippen LogP contribution in [0, 0.1) is 0 Å².